The second kappa shape index (κ2) is 9.76. The van der Waals surface area contributed by atoms with E-state index in [0.29, 0.717) is 19.7 Å². The van der Waals surface area contributed by atoms with Gasteiger partial charge in [0.1, 0.15) is 9.84 Å². The molecular weight excluding hydrogens is 328 g/mol. The number of likely N-dealkylation sites (N-methyl/N-ethyl adjacent to an activating group) is 1. The van der Waals surface area contributed by atoms with E-state index in [1.54, 1.807) is 7.11 Å². The van der Waals surface area contributed by atoms with Gasteiger partial charge in [-0.25, -0.2) is 8.42 Å². The van der Waals surface area contributed by atoms with Gasteiger partial charge in [0.15, 0.2) is 0 Å². The summed E-state index contributed by atoms with van der Waals surface area (Å²) < 4.78 is 28.0. The SMILES string of the molecule is CCN(CC(=O)NCc1ccccc1COC)C(C)CS(C)(=O)=O. The predicted octanol–water partition coefficient (Wildman–Crippen LogP) is 1.20. The molecule has 0 aliphatic carbocycles. The fourth-order valence-corrected chi connectivity index (χ4v) is 3.67. The van der Waals surface area contributed by atoms with Gasteiger partial charge in [-0.15, -0.1) is 0 Å². The van der Waals surface area contributed by atoms with Crippen molar-refractivity contribution in [1.82, 2.24) is 10.2 Å². The molecule has 1 aromatic carbocycles. The number of carbonyl (C=O) groups excluding carboxylic acids is 1. The maximum Gasteiger partial charge on any atom is 0.234 e. The number of hydrogen-bond donors (Lipinski definition) is 1. The highest BCUT2D eigenvalue weighted by Crippen LogP contribution is 2.09. The molecule has 1 unspecified atom stereocenters. The van der Waals surface area contributed by atoms with Gasteiger partial charge in [0, 0.05) is 26.0 Å². The highest BCUT2D eigenvalue weighted by Gasteiger charge is 2.19. The highest BCUT2D eigenvalue weighted by atomic mass is 32.2. The summed E-state index contributed by atoms with van der Waals surface area (Å²) in [6, 6.07) is 7.59. The fraction of sp³-hybridized carbons (Fsp3) is 0.588. The summed E-state index contributed by atoms with van der Waals surface area (Å²) in [5.41, 5.74) is 2.05. The molecule has 6 nitrogen and oxygen atoms in total. The molecular formula is C17H28N2O4S. The van der Waals surface area contributed by atoms with E-state index in [9.17, 15) is 13.2 Å². The number of amides is 1. The first kappa shape index (κ1) is 20.6. The van der Waals surface area contributed by atoms with Crippen molar-refractivity contribution in [2.45, 2.75) is 33.0 Å². The molecule has 0 radical (unpaired) electrons. The third kappa shape index (κ3) is 7.42. The zero-order valence-corrected chi connectivity index (χ0v) is 15.7. The quantitative estimate of drug-likeness (QED) is 0.682. The molecule has 0 fully saturated rings. The minimum atomic E-state index is -3.07. The van der Waals surface area contributed by atoms with Crippen molar-refractivity contribution < 1.29 is 17.9 Å². The van der Waals surface area contributed by atoms with Crippen LogP contribution in [0.4, 0.5) is 0 Å². The average molecular weight is 356 g/mol. The maximum absolute atomic E-state index is 12.2. The van der Waals surface area contributed by atoms with E-state index in [2.05, 4.69) is 5.32 Å². The van der Waals surface area contributed by atoms with Crippen molar-refractivity contribution in [3.8, 4) is 0 Å². The Morgan fingerprint density at radius 2 is 1.92 bits per heavy atom. The molecule has 1 amide bonds. The lowest BCUT2D eigenvalue weighted by Gasteiger charge is -2.26. The van der Waals surface area contributed by atoms with Crippen LogP contribution in [0.15, 0.2) is 24.3 Å². The topological polar surface area (TPSA) is 75.7 Å². The van der Waals surface area contributed by atoms with Crippen LogP contribution in [0.1, 0.15) is 25.0 Å². The van der Waals surface area contributed by atoms with E-state index in [1.165, 1.54) is 6.26 Å². The molecule has 0 bridgehead atoms. The molecule has 0 saturated carbocycles. The summed E-state index contributed by atoms with van der Waals surface area (Å²) in [7, 11) is -1.43. The average Bonchev–Trinajstić information content (AvgIpc) is 2.50. The molecule has 136 valence electrons. The maximum atomic E-state index is 12.2. The Bertz CT molecular complexity index is 631. The van der Waals surface area contributed by atoms with Crippen LogP contribution >= 0.6 is 0 Å². The number of hydrogen-bond acceptors (Lipinski definition) is 5. The number of methoxy groups -OCH3 is 1. The first-order valence-corrected chi connectivity index (χ1v) is 10.1. The molecule has 0 aromatic heterocycles. The first-order chi connectivity index (χ1) is 11.3. The molecule has 24 heavy (non-hydrogen) atoms. The van der Waals surface area contributed by atoms with Crippen molar-refractivity contribution >= 4 is 15.7 Å². The number of nitrogens with one attached hydrogen (secondary N) is 1. The third-order valence-electron chi connectivity index (χ3n) is 3.81. The monoisotopic (exact) mass is 356 g/mol. The normalized spacial score (nSPS) is 13.0. The van der Waals surface area contributed by atoms with Gasteiger partial charge in [-0.3, -0.25) is 9.69 Å². The molecule has 1 aromatic rings. The zero-order chi connectivity index (χ0) is 18.2. The number of ether oxygens (including phenoxy) is 1. The van der Waals surface area contributed by atoms with Gasteiger partial charge in [0.25, 0.3) is 0 Å². The zero-order valence-electron chi connectivity index (χ0n) is 14.9. The summed E-state index contributed by atoms with van der Waals surface area (Å²) in [4.78, 5) is 14.1. The van der Waals surface area contributed by atoms with Gasteiger partial charge in [0.05, 0.1) is 18.9 Å². The molecule has 0 heterocycles. The smallest absolute Gasteiger partial charge is 0.234 e. The molecule has 0 saturated heterocycles. The van der Waals surface area contributed by atoms with E-state index in [0.717, 1.165) is 11.1 Å². The number of nitrogens with zero attached hydrogens (tertiary/aromatic N) is 1. The molecule has 1 N–H and O–H groups in total. The van der Waals surface area contributed by atoms with Crippen LogP contribution in [0.3, 0.4) is 0 Å². The van der Waals surface area contributed by atoms with Crippen LogP contribution in [0, 0.1) is 0 Å². The van der Waals surface area contributed by atoms with E-state index >= 15 is 0 Å². The van der Waals surface area contributed by atoms with Crippen LogP contribution in [0.2, 0.25) is 0 Å². The predicted molar refractivity (Wildman–Crippen MR) is 95.4 cm³/mol. The number of sulfone groups is 1. The second-order valence-corrected chi connectivity index (χ2v) is 8.17. The Morgan fingerprint density at radius 3 is 2.46 bits per heavy atom. The van der Waals surface area contributed by atoms with E-state index in [4.69, 9.17) is 4.74 Å². The summed E-state index contributed by atoms with van der Waals surface area (Å²) in [6.07, 6.45) is 1.21. The van der Waals surface area contributed by atoms with E-state index in [1.807, 2.05) is 43.0 Å². The van der Waals surface area contributed by atoms with Crippen LogP contribution in [-0.4, -0.2) is 57.5 Å². The largest absolute Gasteiger partial charge is 0.380 e. The van der Waals surface area contributed by atoms with E-state index in [-0.39, 0.29) is 24.2 Å². The van der Waals surface area contributed by atoms with Crippen LogP contribution < -0.4 is 5.32 Å². The van der Waals surface area contributed by atoms with Gasteiger partial charge in [-0.1, -0.05) is 31.2 Å². The van der Waals surface area contributed by atoms with Gasteiger partial charge in [0.2, 0.25) is 5.91 Å². The lowest BCUT2D eigenvalue weighted by molar-refractivity contribution is -0.122. The van der Waals surface area contributed by atoms with Crippen molar-refractivity contribution in [3.05, 3.63) is 35.4 Å². The minimum Gasteiger partial charge on any atom is -0.380 e. The van der Waals surface area contributed by atoms with Crippen molar-refractivity contribution in [1.29, 1.82) is 0 Å². The van der Waals surface area contributed by atoms with Crippen molar-refractivity contribution in [3.63, 3.8) is 0 Å². The Balaban J connectivity index is 2.59. The standard InChI is InChI=1S/C17H28N2O4S/c1-5-19(14(2)13-24(4,21)22)11-17(20)18-10-15-8-6-7-9-16(15)12-23-3/h6-9,14H,5,10-13H2,1-4H3,(H,18,20). The number of carbonyl (C=O) groups is 1. The molecule has 1 rings (SSSR count). The Kier molecular flexibility index (Phi) is 8.38. The second-order valence-electron chi connectivity index (χ2n) is 5.98. The van der Waals surface area contributed by atoms with Crippen LogP contribution in [0.25, 0.3) is 0 Å². The summed E-state index contributed by atoms with van der Waals surface area (Å²) >= 11 is 0. The van der Waals surface area contributed by atoms with E-state index < -0.39 is 9.84 Å². The van der Waals surface area contributed by atoms with Gasteiger partial charge < -0.3 is 10.1 Å². The Morgan fingerprint density at radius 1 is 1.29 bits per heavy atom. The molecule has 0 spiro atoms. The lowest BCUT2D eigenvalue weighted by atomic mass is 10.1. The Labute approximate surface area is 145 Å². The molecule has 1 atom stereocenters. The molecule has 0 aliphatic rings. The van der Waals surface area contributed by atoms with Crippen molar-refractivity contribution in [2.75, 3.05) is 32.2 Å². The van der Waals surface area contributed by atoms with Gasteiger partial charge in [-0.05, 0) is 24.6 Å². The van der Waals surface area contributed by atoms with Gasteiger partial charge >= 0.3 is 0 Å². The van der Waals surface area contributed by atoms with Crippen LogP contribution in [0.5, 0.6) is 0 Å². The summed E-state index contributed by atoms with van der Waals surface area (Å²) in [5.74, 6) is -0.0745. The fourth-order valence-electron chi connectivity index (χ4n) is 2.58. The number of rotatable bonds is 10. The minimum absolute atomic E-state index is 0.0464. The lowest BCUT2D eigenvalue weighted by Crippen LogP contribution is -2.44. The Hall–Kier alpha value is -1.44. The summed E-state index contributed by atoms with van der Waals surface area (Å²) in [6.45, 7) is 5.46. The van der Waals surface area contributed by atoms with Crippen LogP contribution in [-0.2, 0) is 32.5 Å². The van der Waals surface area contributed by atoms with Crippen molar-refractivity contribution in [2.24, 2.45) is 0 Å². The molecule has 0 aliphatic heterocycles. The highest BCUT2D eigenvalue weighted by molar-refractivity contribution is 7.90. The number of benzene rings is 1. The summed E-state index contributed by atoms with van der Waals surface area (Å²) in [5, 5.41) is 2.89. The molecule has 7 heteroatoms. The third-order valence-corrected chi connectivity index (χ3v) is 4.90. The van der Waals surface area contributed by atoms with Gasteiger partial charge in [-0.2, -0.15) is 0 Å². The first-order valence-electron chi connectivity index (χ1n) is 8.01.